The fraction of sp³-hybridized carbons (Fsp3) is 0.500. The molecule has 0 aliphatic heterocycles. The number of phenolic OH excluding ortho intramolecular Hbond substituents is 1. The summed E-state index contributed by atoms with van der Waals surface area (Å²) in [6, 6.07) is 0.682. The van der Waals surface area contributed by atoms with E-state index in [2.05, 4.69) is 0 Å². The van der Waals surface area contributed by atoms with Gasteiger partial charge in [-0.05, 0) is 55.5 Å². The Morgan fingerprint density at radius 3 is 2.31 bits per heavy atom. The standard InChI is InChI=1S/C26H33N3O7/c1-25(2,3)14-8-11(9-27)12-6-10-7-13-18(29(4)5)21(32)17(24(28)35)23(34)26(13,36)22(33)15(10)20(31)16(12)19(14)30/h8,10,13,18,30-31,34,36H,6-7,9,27H2,1-5H3,(H2,28,35)/t10-,13-,18-,26-/m1/s1. The highest BCUT2D eigenvalue weighted by Crippen LogP contribution is 2.53. The molecule has 0 aromatic heterocycles. The number of rotatable bonds is 3. The average molecular weight is 500 g/mol. The van der Waals surface area contributed by atoms with E-state index in [1.165, 1.54) is 4.90 Å². The van der Waals surface area contributed by atoms with Crippen LogP contribution in [0.2, 0.25) is 0 Å². The number of ketones is 2. The maximum atomic E-state index is 13.9. The number of hydrogen-bond donors (Lipinski definition) is 6. The largest absolute Gasteiger partial charge is 0.508 e. The topological polar surface area (TPSA) is 187 Å². The van der Waals surface area contributed by atoms with Gasteiger partial charge in [-0.25, -0.2) is 0 Å². The van der Waals surface area contributed by atoms with Crippen molar-refractivity contribution in [3.8, 4) is 5.75 Å². The second-order valence-electron chi connectivity index (χ2n) is 11.2. The summed E-state index contributed by atoms with van der Waals surface area (Å²) in [5.41, 5.74) is 9.09. The number of fused-ring (bicyclic) bond motifs is 3. The van der Waals surface area contributed by atoms with Crippen molar-refractivity contribution < 1.29 is 34.8 Å². The SMILES string of the molecule is CN(C)[C@H]1C(=O)C(C(N)=O)=C(O)[C@]2(O)C(=O)C3=C(O)c4c(O)c(C(C)(C)C)cc(CN)c4C[C@@H]3C[C@H]12. The molecule has 0 heterocycles. The third-order valence-electron chi connectivity index (χ3n) is 7.84. The van der Waals surface area contributed by atoms with Crippen LogP contribution < -0.4 is 11.5 Å². The molecule has 1 aromatic rings. The van der Waals surface area contributed by atoms with Crippen LogP contribution in [0.3, 0.4) is 0 Å². The Kier molecular flexibility index (Phi) is 5.86. The highest BCUT2D eigenvalue weighted by molar-refractivity contribution is 6.24. The van der Waals surface area contributed by atoms with Crippen molar-refractivity contribution in [3.63, 3.8) is 0 Å². The summed E-state index contributed by atoms with van der Waals surface area (Å²) in [7, 11) is 3.12. The number of benzene rings is 1. The average Bonchev–Trinajstić information content (AvgIpc) is 2.75. The van der Waals surface area contributed by atoms with Crippen LogP contribution in [0.15, 0.2) is 23.0 Å². The summed E-state index contributed by atoms with van der Waals surface area (Å²) >= 11 is 0. The second kappa shape index (κ2) is 8.16. The zero-order chi connectivity index (χ0) is 27.1. The third kappa shape index (κ3) is 3.31. The minimum atomic E-state index is -2.65. The van der Waals surface area contributed by atoms with E-state index in [4.69, 9.17) is 11.5 Å². The number of Topliss-reactive ketones (excluding diaryl/α,β-unsaturated/α-hetero) is 2. The Labute approximate surface area is 208 Å². The molecule has 0 bridgehead atoms. The summed E-state index contributed by atoms with van der Waals surface area (Å²) < 4.78 is 0. The van der Waals surface area contributed by atoms with Gasteiger partial charge in [0.2, 0.25) is 5.78 Å². The number of hydrogen-bond acceptors (Lipinski definition) is 9. The molecule has 10 heteroatoms. The molecule has 4 atom stereocenters. The predicted molar refractivity (Wildman–Crippen MR) is 131 cm³/mol. The number of amides is 1. The van der Waals surface area contributed by atoms with E-state index in [0.29, 0.717) is 16.7 Å². The maximum Gasteiger partial charge on any atom is 0.255 e. The van der Waals surface area contributed by atoms with Crippen molar-refractivity contribution in [1.82, 2.24) is 4.90 Å². The molecular formula is C26H33N3O7. The first kappa shape index (κ1) is 25.9. The van der Waals surface area contributed by atoms with Gasteiger partial charge in [0.15, 0.2) is 11.4 Å². The Morgan fingerprint density at radius 1 is 1.19 bits per heavy atom. The summed E-state index contributed by atoms with van der Waals surface area (Å²) in [6.07, 6.45) is 0.261. The van der Waals surface area contributed by atoms with Crippen molar-refractivity contribution in [2.75, 3.05) is 14.1 Å². The van der Waals surface area contributed by atoms with E-state index < -0.39 is 63.5 Å². The molecule has 3 aliphatic rings. The van der Waals surface area contributed by atoms with Gasteiger partial charge in [-0.1, -0.05) is 20.8 Å². The van der Waals surface area contributed by atoms with Crippen molar-refractivity contribution >= 4 is 23.2 Å². The lowest BCUT2D eigenvalue weighted by atomic mass is 9.57. The van der Waals surface area contributed by atoms with Crippen LogP contribution in [0.25, 0.3) is 5.76 Å². The molecule has 1 aromatic carbocycles. The molecule has 0 unspecified atom stereocenters. The van der Waals surface area contributed by atoms with Crippen LogP contribution in [0.5, 0.6) is 5.75 Å². The van der Waals surface area contributed by atoms with Crippen LogP contribution in [0.1, 0.15) is 49.4 Å². The molecule has 8 N–H and O–H groups in total. The van der Waals surface area contributed by atoms with Gasteiger partial charge in [0.1, 0.15) is 22.8 Å². The van der Waals surface area contributed by atoms with Crippen LogP contribution in [0, 0.1) is 11.8 Å². The normalized spacial score (nSPS) is 28.3. The van der Waals surface area contributed by atoms with Crippen LogP contribution in [0.4, 0.5) is 0 Å². The molecule has 0 saturated heterocycles. The Balaban J connectivity index is 2.02. The van der Waals surface area contributed by atoms with E-state index in [0.717, 1.165) is 0 Å². The van der Waals surface area contributed by atoms with Crippen molar-refractivity contribution in [2.45, 2.75) is 57.2 Å². The highest BCUT2D eigenvalue weighted by Gasteiger charge is 2.64. The van der Waals surface area contributed by atoms with Crippen molar-refractivity contribution in [3.05, 3.63) is 45.2 Å². The number of carbonyl (C=O) groups excluding carboxylic acids is 3. The summed E-state index contributed by atoms with van der Waals surface area (Å²) in [5, 5.41) is 45.1. The molecule has 194 valence electrons. The lowest BCUT2D eigenvalue weighted by Gasteiger charge is -2.50. The lowest BCUT2D eigenvalue weighted by Crippen LogP contribution is -2.65. The van der Waals surface area contributed by atoms with Crippen LogP contribution in [-0.2, 0) is 32.8 Å². The van der Waals surface area contributed by atoms with Gasteiger partial charge in [-0.3, -0.25) is 19.3 Å². The van der Waals surface area contributed by atoms with Gasteiger partial charge < -0.3 is 31.9 Å². The fourth-order valence-corrected chi connectivity index (χ4v) is 6.14. The number of primary amides is 1. The summed E-state index contributed by atoms with van der Waals surface area (Å²) in [4.78, 5) is 40.5. The van der Waals surface area contributed by atoms with E-state index in [9.17, 15) is 34.8 Å². The molecule has 10 nitrogen and oxygen atoms in total. The first-order chi connectivity index (χ1) is 16.6. The highest BCUT2D eigenvalue weighted by atomic mass is 16.3. The van der Waals surface area contributed by atoms with E-state index >= 15 is 0 Å². The van der Waals surface area contributed by atoms with Crippen LogP contribution in [-0.4, -0.2) is 68.5 Å². The fourth-order valence-electron chi connectivity index (χ4n) is 6.14. The van der Waals surface area contributed by atoms with E-state index in [1.807, 2.05) is 20.8 Å². The Hall–Kier alpha value is -3.21. The number of aromatic hydroxyl groups is 1. The minimum absolute atomic E-state index is 0.0392. The smallest absolute Gasteiger partial charge is 0.255 e. The van der Waals surface area contributed by atoms with Crippen LogP contribution >= 0.6 is 0 Å². The molecule has 0 radical (unpaired) electrons. The zero-order valence-electron chi connectivity index (χ0n) is 21.0. The number of carbonyl (C=O) groups is 3. The van der Waals surface area contributed by atoms with Gasteiger partial charge in [-0.15, -0.1) is 0 Å². The van der Waals surface area contributed by atoms with E-state index in [1.54, 1.807) is 20.2 Å². The van der Waals surface area contributed by atoms with Gasteiger partial charge in [-0.2, -0.15) is 0 Å². The first-order valence-electron chi connectivity index (χ1n) is 11.8. The molecule has 1 fully saturated rings. The third-order valence-corrected chi connectivity index (χ3v) is 7.84. The van der Waals surface area contributed by atoms with Gasteiger partial charge in [0.05, 0.1) is 11.6 Å². The number of aliphatic hydroxyl groups excluding tert-OH is 2. The lowest BCUT2D eigenvalue weighted by molar-refractivity contribution is -0.153. The van der Waals surface area contributed by atoms with Crippen molar-refractivity contribution in [1.29, 1.82) is 0 Å². The second-order valence-corrected chi connectivity index (χ2v) is 11.2. The molecular weight excluding hydrogens is 466 g/mol. The summed E-state index contributed by atoms with van der Waals surface area (Å²) in [5.74, 6) is -6.62. The Morgan fingerprint density at radius 2 is 1.81 bits per heavy atom. The molecule has 36 heavy (non-hydrogen) atoms. The predicted octanol–water partition coefficient (Wildman–Crippen LogP) is 0.720. The molecule has 0 spiro atoms. The van der Waals surface area contributed by atoms with Gasteiger partial charge >= 0.3 is 0 Å². The quantitative estimate of drug-likeness (QED) is 0.326. The number of aliphatic hydroxyl groups is 3. The zero-order valence-corrected chi connectivity index (χ0v) is 21.0. The molecule has 3 aliphatic carbocycles. The first-order valence-corrected chi connectivity index (χ1v) is 11.8. The van der Waals surface area contributed by atoms with Crippen molar-refractivity contribution in [2.24, 2.45) is 23.3 Å². The minimum Gasteiger partial charge on any atom is -0.508 e. The maximum absolute atomic E-state index is 13.9. The van der Waals surface area contributed by atoms with Gasteiger partial charge in [0.25, 0.3) is 5.91 Å². The molecule has 1 saturated carbocycles. The summed E-state index contributed by atoms with van der Waals surface area (Å²) in [6.45, 7) is 5.79. The van der Waals surface area contributed by atoms with Gasteiger partial charge in [0, 0.05) is 23.6 Å². The monoisotopic (exact) mass is 499 g/mol. The Bertz CT molecular complexity index is 1270. The number of nitrogens with two attached hydrogens (primary N) is 2. The van der Waals surface area contributed by atoms with E-state index in [-0.39, 0.29) is 36.3 Å². The number of likely N-dealkylation sites (N-methyl/N-ethyl adjacent to an activating group) is 1. The molecule has 4 rings (SSSR count). The number of nitrogens with zero attached hydrogens (tertiary/aromatic N) is 1. The number of phenols is 1. The molecule has 1 amide bonds.